The van der Waals surface area contributed by atoms with Crippen molar-refractivity contribution >= 4 is 38.0 Å². The Bertz CT molecular complexity index is 882. The Kier molecular flexibility index (Phi) is 9.00. The van der Waals surface area contributed by atoms with Gasteiger partial charge in [0, 0.05) is 6.54 Å². The summed E-state index contributed by atoms with van der Waals surface area (Å²) in [5.41, 5.74) is 7.21. The molecule has 2 aromatic rings. The van der Waals surface area contributed by atoms with Gasteiger partial charge in [-0.15, -0.1) is 0 Å². The summed E-state index contributed by atoms with van der Waals surface area (Å²) >= 11 is 7.10. The molecule has 0 saturated carbocycles. The largest absolute Gasteiger partial charge is 0.492 e. The zero-order chi connectivity index (χ0) is 22.3. The van der Waals surface area contributed by atoms with Gasteiger partial charge in [-0.25, -0.2) is 4.79 Å². The lowest BCUT2D eigenvalue weighted by Crippen LogP contribution is -2.33. The van der Waals surface area contributed by atoms with Crippen molar-refractivity contribution < 1.29 is 19.0 Å². The van der Waals surface area contributed by atoms with Crippen LogP contribution >= 0.6 is 31.9 Å². The number of nitrogens with two attached hydrogens (primary N) is 1. The Morgan fingerprint density at radius 3 is 2.33 bits per heavy atom. The Hall–Kier alpha value is -1.77. The summed E-state index contributed by atoms with van der Waals surface area (Å²) in [4.78, 5) is 11.8. The van der Waals surface area contributed by atoms with Crippen molar-refractivity contribution in [2.45, 2.75) is 39.2 Å². The molecular formula is C22H28Br2N2O4. The SMILES string of the molecule is COc1c(Br)cc(CCNC(=O)OC(C)(C)C)cc1Oc1ccc(CCN)cc1Br. The Morgan fingerprint density at radius 2 is 1.73 bits per heavy atom. The minimum atomic E-state index is -0.526. The van der Waals surface area contributed by atoms with Crippen LogP contribution in [0.3, 0.4) is 0 Å². The summed E-state index contributed by atoms with van der Waals surface area (Å²) < 4.78 is 18.5. The van der Waals surface area contributed by atoms with Crippen LogP contribution in [0.1, 0.15) is 31.9 Å². The molecule has 0 bridgehead atoms. The molecule has 0 unspecified atom stereocenters. The summed E-state index contributed by atoms with van der Waals surface area (Å²) in [5, 5.41) is 2.77. The van der Waals surface area contributed by atoms with Gasteiger partial charge in [0.25, 0.3) is 0 Å². The number of methoxy groups -OCH3 is 1. The average Bonchev–Trinajstić information content (AvgIpc) is 2.62. The number of nitrogens with one attached hydrogen (secondary N) is 1. The number of ether oxygens (including phenoxy) is 3. The van der Waals surface area contributed by atoms with E-state index in [2.05, 4.69) is 37.2 Å². The second kappa shape index (κ2) is 11.0. The lowest BCUT2D eigenvalue weighted by atomic mass is 10.1. The molecule has 0 saturated heterocycles. The summed E-state index contributed by atoms with van der Waals surface area (Å²) in [7, 11) is 1.59. The summed E-state index contributed by atoms with van der Waals surface area (Å²) in [5.74, 6) is 1.84. The van der Waals surface area contributed by atoms with Gasteiger partial charge >= 0.3 is 6.09 Å². The van der Waals surface area contributed by atoms with Crippen LogP contribution in [0.15, 0.2) is 39.3 Å². The first-order chi connectivity index (χ1) is 14.1. The average molecular weight is 544 g/mol. The van der Waals surface area contributed by atoms with Crippen molar-refractivity contribution in [3.05, 3.63) is 50.4 Å². The van der Waals surface area contributed by atoms with Crippen LogP contribution in [0.2, 0.25) is 0 Å². The molecule has 8 heteroatoms. The van der Waals surface area contributed by atoms with Gasteiger partial charge in [0.2, 0.25) is 0 Å². The number of benzene rings is 2. The summed E-state index contributed by atoms with van der Waals surface area (Å²) in [6, 6.07) is 9.74. The lowest BCUT2D eigenvalue weighted by Gasteiger charge is -2.19. The second-order valence-corrected chi connectivity index (χ2v) is 9.40. The van der Waals surface area contributed by atoms with Gasteiger partial charge in [-0.05, 0) is 107 Å². The van der Waals surface area contributed by atoms with Gasteiger partial charge in [-0.1, -0.05) is 6.07 Å². The molecule has 0 aliphatic heterocycles. The van der Waals surface area contributed by atoms with E-state index < -0.39 is 11.7 Å². The maximum Gasteiger partial charge on any atom is 0.407 e. The molecule has 1 amide bonds. The van der Waals surface area contributed by atoms with Crippen LogP contribution in [-0.2, 0) is 17.6 Å². The fourth-order valence-electron chi connectivity index (χ4n) is 2.73. The minimum Gasteiger partial charge on any atom is -0.492 e. The van der Waals surface area contributed by atoms with Crippen molar-refractivity contribution in [3.63, 3.8) is 0 Å². The second-order valence-electron chi connectivity index (χ2n) is 7.69. The van der Waals surface area contributed by atoms with Gasteiger partial charge in [-0.3, -0.25) is 0 Å². The molecule has 2 aromatic carbocycles. The number of amides is 1. The minimum absolute atomic E-state index is 0.435. The number of carbonyl (C=O) groups is 1. The first-order valence-electron chi connectivity index (χ1n) is 9.62. The molecule has 164 valence electrons. The molecule has 0 radical (unpaired) electrons. The van der Waals surface area contributed by atoms with E-state index in [0.29, 0.717) is 36.8 Å². The van der Waals surface area contributed by atoms with Crippen LogP contribution in [0.4, 0.5) is 4.79 Å². The number of hydrogen-bond donors (Lipinski definition) is 2. The third-order valence-electron chi connectivity index (χ3n) is 4.00. The normalized spacial score (nSPS) is 11.2. The van der Waals surface area contributed by atoms with E-state index in [1.54, 1.807) is 7.11 Å². The monoisotopic (exact) mass is 542 g/mol. The molecular weight excluding hydrogens is 516 g/mol. The highest BCUT2D eigenvalue weighted by Crippen LogP contribution is 2.41. The molecule has 0 heterocycles. The Morgan fingerprint density at radius 1 is 1.03 bits per heavy atom. The number of rotatable bonds is 8. The lowest BCUT2D eigenvalue weighted by molar-refractivity contribution is 0.0528. The third-order valence-corrected chi connectivity index (χ3v) is 5.21. The van der Waals surface area contributed by atoms with Gasteiger partial charge in [0.05, 0.1) is 16.1 Å². The molecule has 0 spiro atoms. The topological polar surface area (TPSA) is 82.8 Å². The van der Waals surface area contributed by atoms with Crippen molar-refractivity contribution in [1.29, 1.82) is 0 Å². The zero-order valence-corrected chi connectivity index (χ0v) is 20.9. The Labute approximate surface area is 194 Å². The van der Waals surface area contributed by atoms with Crippen LogP contribution in [0, 0.1) is 0 Å². The quantitative estimate of drug-likeness (QED) is 0.454. The van der Waals surface area contributed by atoms with Crippen LogP contribution < -0.4 is 20.5 Å². The summed E-state index contributed by atoms with van der Waals surface area (Å²) in [6.45, 7) is 6.52. The zero-order valence-electron chi connectivity index (χ0n) is 17.7. The fourth-order valence-corrected chi connectivity index (χ4v) is 3.89. The molecule has 2 rings (SSSR count). The highest BCUT2D eigenvalue weighted by atomic mass is 79.9. The Balaban J connectivity index is 2.14. The number of hydrogen-bond acceptors (Lipinski definition) is 5. The first-order valence-corrected chi connectivity index (χ1v) is 11.2. The first kappa shape index (κ1) is 24.5. The van der Waals surface area contributed by atoms with E-state index in [0.717, 1.165) is 26.5 Å². The molecule has 30 heavy (non-hydrogen) atoms. The predicted octanol–water partition coefficient (Wildman–Crippen LogP) is 5.58. The molecule has 0 atom stereocenters. The summed E-state index contributed by atoms with van der Waals surface area (Å²) in [6.07, 6.45) is 0.968. The van der Waals surface area contributed by atoms with Crippen molar-refractivity contribution in [2.75, 3.05) is 20.2 Å². The van der Waals surface area contributed by atoms with Crippen molar-refractivity contribution in [1.82, 2.24) is 5.32 Å². The van der Waals surface area contributed by atoms with Crippen LogP contribution in [-0.4, -0.2) is 31.9 Å². The van der Waals surface area contributed by atoms with Gasteiger partial charge in [0.1, 0.15) is 11.4 Å². The molecule has 3 N–H and O–H groups in total. The van der Waals surface area contributed by atoms with Gasteiger partial charge < -0.3 is 25.3 Å². The van der Waals surface area contributed by atoms with E-state index in [1.807, 2.05) is 51.1 Å². The standard InChI is InChI=1S/C22H28Br2N2O4/c1-22(2,3)30-21(27)26-10-8-15-12-17(24)20(28-4)19(13-15)29-18-6-5-14(7-9-25)11-16(18)23/h5-6,11-13H,7-10,25H2,1-4H3,(H,26,27). The molecule has 0 aliphatic rings. The molecule has 6 nitrogen and oxygen atoms in total. The van der Waals surface area contributed by atoms with E-state index in [-0.39, 0.29) is 0 Å². The number of halogens is 2. The van der Waals surface area contributed by atoms with E-state index in [1.165, 1.54) is 0 Å². The van der Waals surface area contributed by atoms with E-state index in [4.69, 9.17) is 19.9 Å². The highest BCUT2D eigenvalue weighted by molar-refractivity contribution is 9.11. The van der Waals surface area contributed by atoms with E-state index >= 15 is 0 Å². The molecule has 0 aromatic heterocycles. The van der Waals surface area contributed by atoms with Crippen LogP contribution in [0.5, 0.6) is 17.2 Å². The van der Waals surface area contributed by atoms with Crippen molar-refractivity contribution in [3.8, 4) is 17.2 Å². The van der Waals surface area contributed by atoms with Crippen LogP contribution in [0.25, 0.3) is 0 Å². The number of carbonyl (C=O) groups excluding carboxylic acids is 1. The molecule has 0 aliphatic carbocycles. The fraction of sp³-hybridized carbons (Fsp3) is 0.409. The maximum atomic E-state index is 11.8. The van der Waals surface area contributed by atoms with Crippen molar-refractivity contribution in [2.24, 2.45) is 5.73 Å². The smallest absolute Gasteiger partial charge is 0.407 e. The van der Waals surface area contributed by atoms with Gasteiger partial charge in [0.15, 0.2) is 11.5 Å². The van der Waals surface area contributed by atoms with Gasteiger partial charge in [-0.2, -0.15) is 0 Å². The third kappa shape index (κ3) is 7.49. The molecule has 0 fully saturated rings. The number of alkyl carbamates (subject to hydrolysis) is 1. The van der Waals surface area contributed by atoms with E-state index in [9.17, 15) is 4.79 Å². The predicted molar refractivity (Wildman–Crippen MR) is 126 cm³/mol. The highest BCUT2D eigenvalue weighted by Gasteiger charge is 2.17. The maximum absolute atomic E-state index is 11.8.